The van der Waals surface area contributed by atoms with Crippen LogP contribution in [0, 0.1) is 0 Å². The Kier molecular flexibility index (Phi) is 5.80. The topological polar surface area (TPSA) is 177 Å². The number of carboxylic acid groups (broad SMARTS) is 2. The van der Waals surface area contributed by atoms with Gasteiger partial charge in [0.05, 0.1) is 31.1 Å². The molecule has 1 amide bonds. The second-order valence-electron chi connectivity index (χ2n) is 7.21. The number of pyridine rings is 1. The molecule has 0 bridgehead atoms. The number of aromatic carboxylic acids is 2. The standard InChI is InChI=1S/C21H19N3O9/c1-2-3-4-5-33-24-18(26)12-8-10(19(27)28)14-15-11(9-13(23-15)20(29)30)21(31-6-7-32-21)17(25)16(14)22-12/h2,8-9,23H,1,3-7H2,(H,24,26)(H,27,28)(H,29,30). The van der Waals surface area contributed by atoms with Crippen LogP contribution in [0.5, 0.6) is 0 Å². The Hall–Kier alpha value is -3.87. The van der Waals surface area contributed by atoms with Gasteiger partial charge in [0.2, 0.25) is 5.78 Å². The molecule has 1 aliphatic carbocycles. The number of allylic oxidation sites excluding steroid dienone is 1. The van der Waals surface area contributed by atoms with Gasteiger partial charge in [0.1, 0.15) is 17.1 Å². The molecule has 3 heterocycles. The van der Waals surface area contributed by atoms with Crippen molar-refractivity contribution < 1.29 is 43.7 Å². The molecule has 1 saturated heterocycles. The van der Waals surface area contributed by atoms with Crippen LogP contribution < -0.4 is 5.48 Å². The van der Waals surface area contributed by atoms with Gasteiger partial charge in [-0.2, -0.15) is 0 Å². The lowest BCUT2D eigenvalue weighted by Crippen LogP contribution is -2.41. The lowest BCUT2D eigenvalue weighted by Gasteiger charge is -2.31. The molecule has 4 rings (SSSR count). The van der Waals surface area contributed by atoms with Crippen LogP contribution in [0.3, 0.4) is 0 Å². The van der Waals surface area contributed by atoms with Crippen LogP contribution in [-0.4, -0.2) is 63.6 Å². The molecule has 12 nitrogen and oxygen atoms in total. The fraction of sp³-hybridized carbons (Fsp3) is 0.286. The quantitative estimate of drug-likeness (QED) is 0.258. The number of hydrogen-bond donors (Lipinski definition) is 4. The Bertz CT molecular complexity index is 1180. The molecule has 33 heavy (non-hydrogen) atoms. The molecule has 12 heteroatoms. The summed E-state index contributed by atoms with van der Waals surface area (Å²) < 4.78 is 11.1. The molecule has 0 aromatic carbocycles. The van der Waals surface area contributed by atoms with Crippen molar-refractivity contribution in [1.82, 2.24) is 15.4 Å². The number of ketones is 1. The SMILES string of the molecule is C=CCCCONC(=O)c1cc(C(=O)O)c2c(n1)C(=O)C1(OCCO1)c1cc(C(=O)O)[nH]c1-2. The number of ether oxygens (including phenoxy) is 2. The van der Waals surface area contributed by atoms with Gasteiger partial charge in [-0.3, -0.25) is 14.4 Å². The normalized spacial score (nSPS) is 15.7. The first-order valence-corrected chi connectivity index (χ1v) is 9.91. The molecule has 0 radical (unpaired) electrons. The van der Waals surface area contributed by atoms with E-state index in [1.54, 1.807) is 6.08 Å². The van der Waals surface area contributed by atoms with Crippen molar-refractivity contribution >= 4 is 23.6 Å². The summed E-state index contributed by atoms with van der Waals surface area (Å²) in [5, 5.41) is 19.2. The third-order valence-electron chi connectivity index (χ3n) is 5.16. The number of aromatic nitrogens is 2. The first-order chi connectivity index (χ1) is 15.8. The smallest absolute Gasteiger partial charge is 0.352 e. The average Bonchev–Trinajstić information content (AvgIpc) is 3.45. The number of rotatable bonds is 8. The van der Waals surface area contributed by atoms with E-state index >= 15 is 0 Å². The van der Waals surface area contributed by atoms with Gasteiger partial charge in [0, 0.05) is 11.1 Å². The van der Waals surface area contributed by atoms with Crippen molar-refractivity contribution in [1.29, 1.82) is 0 Å². The zero-order valence-corrected chi connectivity index (χ0v) is 17.2. The van der Waals surface area contributed by atoms with E-state index in [9.17, 15) is 29.4 Å². The summed E-state index contributed by atoms with van der Waals surface area (Å²) in [6.07, 6.45) is 2.96. The van der Waals surface area contributed by atoms with Crippen molar-refractivity contribution in [3.05, 3.63) is 53.0 Å². The summed E-state index contributed by atoms with van der Waals surface area (Å²) in [5.41, 5.74) is 0.504. The van der Waals surface area contributed by atoms with Crippen molar-refractivity contribution in [2.75, 3.05) is 19.8 Å². The number of carbonyl (C=O) groups is 4. The zero-order chi connectivity index (χ0) is 23.8. The average molecular weight is 457 g/mol. The minimum atomic E-state index is -1.99. The summed E-state index contributed by atoms with van der Waals surface area (Å²) in [6.45, 7) is 3.84. The van der Waals surface area contributed by atoms with Gasteiger partial charge in [-0.25, -0.2) is 20.1 Å². The molecule has 172 valence electrons. The minimum Gasteiger partial charge on any atom is -0.478 e. The van der Waals surface area contributed by atoms with E-state index < -0.39 is 40.7 Å². The van der Waals surface area contributed by atoms with Gasteiger partial charge < -0.3 is 24.7 Å². The molecule has 2 aromatic heterocycles. The first kappa shape index (κ1) is 22.3. The zero-order valence-electron chi connectivity index (χ0n) is 17.2. The maximum Gasteiger partial charge on any atom is 0.352 e. The molecule has 0 unspecified atom stereocenters. The van der Waals surface area contributed by atoms with Crippen molar-refractivity contribution in [2.45, 2.75) is 18.6 Å². The number of hydroxylamine groups is 1. The summed E-state index contributed by atoms with van der Waals surface area (Å²) in [6, 6.07) is 2.14. The lowest BCUT2D eigenvalue weighted by molar-refractivity contribution is -0.126. The third-order valence-corrected chi connectivity index (χ3v) is 5.16. The number of aromatic amines is 1. The van der Waals surface area contributed by atoms with Crippen LogP contribution in [0.25, 0.3) is 11.3 Å². The highest BCUT2D eigenvalue weighted by atomic mass is 16.7. The van der Waals surface area contributed by atoms with Crippen LogP contribution in [0.4, 0.5) is 0 Å². The van der Waals surface area contributed by atoms with Crippen LogP contribution in [-0.2, 0) is 20.1 Å². The maximum absolute atomic E-state index is 13.4. The Morgan fingerprint density at radius 1 is 1.24 bits per heavy atom. The van der Waals surface area contributed by atoms with Gasteiger partial charge in [0.15, 0.2) is 0 Å². The van der Waals surface area contributed by atoms with Crippen molar-refractivity contribution in [2.24, 2.45) is 0 Å². The number of amides is 1. The van der Waals surface area contributed by atoms with Crippen LogP contribution >= 0.6 is 0 Å². The van der Waals surface area contributed by atoms with E-state index in [1.165, 1.54) is 0 Å². The van der Waals surface area contributed by atoms with E-state index in [1.807, 2.05) is 0 Å². The Morgan fingerprint density at radius 2 is 1.97 bits per heavy atom. The molecule has 2 aromatic rings. The number of nitrogens with one attached hydrogen (secondary N) is 2. The second kappa shape index (κ2) is 8.58. The summed E-state index contributed by atoms with van der Waals surface area (Å²) in [4.78, 5) is 61.3. The molecule has 0 saturated carbocycles. The summed E-state index contributed by atoms with van der Waals surface area (Å²) in [7, 11) is 0. The van der Waals surface area contributed by atoms with Gasteiger partial charge in [0.25, 0.3) is 11.7 Å². The Morgan fingerprint density at radius 3 is 2.61 bits per heavy atom. The maximum atomic E-state index is 13.4. The molecule has 1 fully saturated rings. The number of carbonyl (C=O) groups excluding carboxylic acids is 2. The van der Waals surface area contributed by atoms with Crippen LogP contribution in [0.15, 0.2) is 24.8 Å². The number of nitrogens with zero attached hydrogens (tertiary/aromatic N) is 1. The monoisotopic (exact) mass is 457 g/mol. The highest BCUT2D eigenvalue weighted by Gasteiger charge is 2.54. The van der Waals surface area contributed by atoms with E-state index in [0.717, 1.165) is 12.1 Å². The van der Waals surface area contributed by atoms with Crippen LogP contribution in [0.1, 0.15) is 60.2 Å². The molecular weight excluding hydrogens is 438 g/mol. The van der Waals surface area contributed by atoms with E-state index in [4.69, 9.17) is 14.3 Å². The number of unbranched alkanes of at least 4 members (excludes halogenated alkanes) is 1. The van der Waals surface area contributed by atoms with E-state index in [-0.39, 0.29) is 48.0 Å². The molecule has 0 atom stereocenters. The van der Waals surface area contributed by atoms with Gasteiger partial charge in [-0.05, 0) is 25.0 Å². The highest BCUT2D eigenvalue weighted by Crippen LogP contribution is 2.47. The Labute approximate surface area is 186 Å². The molecule has 4 N–H and O–H groups in total. The number of fused-ring (bicyclic) bond motifs is 4. The predicted molar refractivity (Wildman–Crippen MR) is 109 cm³/mol. The number of hydrogen-bond acceptors (Lipinski definition) is 8. The number of H-pyrrole nitrogens is 1. The van der Waals surface area contributed by atoms with E-state index in [0.29, 0.717) is 12.8 Å². The number of carboxylic acids is 2. The van der Waals surface area contributed by atoms with Gasteiger partial charge in [-0.15, -0.1) is 6.58 Å². The predicted octanol–water partition coefficient (Wildman–Crippen LogP) is 1.50. The fourth-order valence-corrected chi connectivity index (χ4v) is 3.72. The molecule has 2 aliphatic rings. The van der Waals surface area contributed by atoms with Crippen LogP contribution in [0.2, 0.25) is 0 Å². The Balaban J connectivity index is 1.82. The largest absolute Gasteiger partial charge is 0.478 e. The minimum absolute atomic E-state index is 0.00133. The molecule has 1 aliphatic heterocycles. The summed E-state index contributed by atoms with van der Waals surface area (Å²) >= 11 is 0. The molecule has 1 spiro atoms. The second-order valence-corrected chi connectivity index (χ2v) is 7.21. The van der Waals surface area contributed by atoms with Crippen molar-refractivity contribution in [3.8, 4) is 11.3 Å². The lowest BCUT2D eigenvalue weighted by atomic mass is 9.85. The summed E-state index contributed by atoms with van der Waals surface area (Å²) in [5.74, 6) is -6.49. The van der Waals surface area contributed by atoms with Crippen molar-refractivity contribution in [3.63, 3.8) is 0 Å². The van der Waals surface area contributed by atoms with E-state index in [2.05, 4.69) is 22.0 Å². The first-order valence-electron chi connectivity index (χ1n) is 9.91. The van der Waals surface area contributed by atoms with Gasteiger partial charge in [-0.1, -0.05) is 6.08 Å². The molecular formula is C21H19N3O9. The fourth-order valence-electron chi connectivity index (χ4n) is 3.72. The highest BCUT2D eigenvalue weighted by molar-refractivity contribution is 6.14. The van der Waals surface area contributed by atoms with Gasteiger partial charge >= 0.3 is 11.9 Å². The third kappa shape index (κ3) is 3.69. The number of Topliss-reactive ketones (excluding diaryl/α,β-unsaturated/α-hetero) is 1.